The van der Waals surface area contributed by atoms with Crippen LogP contribution in [-0.4, -0.2) is 5.71 Å². The zero-order chi connectivity index (χ0) is 19.6. The van der Waals surface area contributed by atoms with Gasteiger partial charge in [-0.15, -0.1) is 0 Å². The minimum absolute atomic E-state index is 0.834. The molecule has 2 aromatic carbocycles. The van der Waals surface area contributed by atoms with E-state index in [1.165, 1.54) is 18.4 Å². The molecule has 142 valence electrons. The quantitative estimate of drug-likeness (QED) is 0.465. The first kappa shape index (κ1) is 19.8. The molecular formula is C24H30NOP. The third kappa shape index (κ3) is 4.50. The Hall–Kier alpha value is -1.92. The van der Waals surface area contributed by atoms with E-state index in [0.717, 1.165) is 51.4 Å². The molecule has 0 saturated carbocycles. The lowest BCUT2D eigenvalue weighted by molar-refractivity contribution is 0.588. The molecule has 2 nitrogen and oxygen atoms in total. The molecule has 0 fully saturated rings. The van der Waals surface area contributed by atoms with Crippen LogP contribution in [0.3, 0.4) is 0 Å². The third-order valence-electron chi connectivity index (χ3n) is 5.16. The first-order valence-corrected chi connectivity index (χ1v) is 11.5. The van der Waals surface area contributed by atoms with Gasteiger partial charge in [-0.3, -0.25) is 4.57 Å². The summed E-state index contributed by atoms with van der Waals surface area (Å²) >= 11 is 0. The number of benzene rings is 2. The number of hydrogen-bond donors (Lipinski definition) is 0. The van der Waals surface area contributed by atoms with Gasteiger partial charge in [0.2, 0.25) is 7.29 Å². The summed E-state index contributed by atoms with van der Waals surface area (Å²) in [7, 11) is -3.11. The van der Waals surface area contributed by atoms with Crippen LogP contribution >= 0.6 is 7.29 Å². The summed E-state index contributed by atoms with van der Waals surface area (Å²) < 4.78 is 19.4. The summed E-state index contributed by atoms with van der Waals surface area (Å²) in [5, 5.41) is 1.67. The van der Waals surface area contributed by atoms with E-state index in [4.69, 9.17) is 4.76 Å². The van der Waals surface area contributed by atoms with Gasteiger partial charge >= 0.3 is 0 Å². The van der Waals surface area contributed by atoms with Crippen molar-refractivity contribution in [2.24, 2.45) is 4.76 Å². The van der Waals surface area contributed by atoms with E-state index < -0.39 is 7.29 Å². The second-order valence-corrected chi connectivity index (χ2v) is 10.3. The second-order valence-electron chi connectivity index (χ2n) is 7.93. The minimum atomic E-state index is -3.11. The van der Waals surface area contributed by atoms with Crippen molar-refractivity contribution < 1.29 is 4.57 Å². The van der Waals surface area contributed by atoms with Crippen LogP contribution in [-0.2, 0) is 4.57 Å². The number of rotatable bonds is 4. The molecule has 1 aliphatic carbocycles. The van der Waals surface area contributed by atoms with Gasteiger partial charge in [0.05, 0.1) is 0 Å². The maximum atomic E-state index is 14.5. The Labute approximate surface area is 163 Å². The monoisotopic (exact) mass is 379 g/mol. The van der Waals surface area contributed by atoms with E-state index in [-0.39, 0.29) is 0 Å². The molecule has 3 heteroatoms. The topological polar surface area (TPSA) is 29.4 Å². The zero-order valence-electron chi connectivity index (χ0n) is 17.2. The molecule has 0 aromatic heterocycles. The fourth-order valence-corrected chi connectivity index (χ4v) is 6.55. The normalized spacial score (nSPS) is 15.6. The van der Waals surface area contributed by atoms with Crippen LogP contribution in [0.1, 0.15) is 54.9 Å². The molecule has 1 aliphatic rings. The fourth-order valence-electron chi connectivity index (χ4n) is 3.96. The zero-order valence-corrected chi connectivity index (χ0v) is 18.1. The highest BCUT2D eigenvalue weighted by molar-refractivity contribution is 7.77. The van der Waals surface area contributed by atoms with Crippen LogP contribution in [0.2, 0.25) is 0 Å². The summed E-state index contributed by atoms with van der Waals surface area (Å²) in [6.07, 6.45) is 6.84. The lowest BCUT2D eigenvalue weighted by atomic mass is 9.97. The Bertz CT molecular complexity index is 872. The summed E-state index contributed by atoms with van der Waals surface area (Å²) in [6, 6.07) is 12.4. The molecule has 27 heavy (non-hydrogen) atoms. The highest BCUT2D eigenvalue weighted by Crippen LogP contribution is 2.46. The van der Waals surface area contributed by atoms with Crippen molar-refractivity contribution in [2.45, 2.75) is 60.3 Å². The molecule has 0 N–H and O–H groups in total. The van der Waals surface area contributed by atoms with Gasteiger partial charge in [0.1, 0.15) is 0 Å². The van der Waals surface area contributed by atoms with Crippen molar-refractivity contribution in [3.05, 3.63) is 70.3 Å². The van der Waals surface area contributed by atoms with Crippen LogP contribution in [0.4, 0.5) is 0 Å². The lowest BCUT2D eigenvalue weighted by Gasteiger charge is -2.20. The maximum absolute atomic E-state index is 14.5. The van der Waals surface area contributed by atoms with Gasteiger partial charge in [-0.05, 0) is 90.1 Å². The SMILES string of the molecule is C/C(=N/P(=O)(c1cc(C)cc(C)c1)c1cc(C)cc(C)c1)C1=CCCCC1. The molecular weight excluding hydrogens is 349 g/mol. The summed E-state index contributed by atoms with van der Waals surface area (Å²) in [5.74, 6) is 0. The van der Waals surface area contributed by atoms with Crippen LogP contribution < -0.4 is 10.6 Å². The Kier molecular flexibility index (Phi) is 5.86. The maximum Gasteiger partial charge on any atom is 0.247 e. The van der Waals surface area contributed by atoms with Crippen molar-refractivity contribution >= 4 is 23.6 Å². The van der Waals surface area contributed by atoms with Gasteiger partial charge in [0, 0.05) is 16.3 Å². The first-order chi connectivity index (χ1) is 12.8. The van der Waals surface area contributed by atoms with Crippen LogP contribution in [0.15, 0.2) is 52.8 Å². The standard InChI is InChI=1S/C24H30NOP/c1-17-11-18(2)14-23(13-17)27(26,24-15-19(3)12-20(4)16-24)25-21(5)22-9-7-6-8-10-22/h9,11-16H,6-8,10H2,1-5H3/b25-21-. The third-order valence-corrected chi connectivity index (χ3v) is 7.66. The van der Waals surface area contributed by atoms with Crippen molar-refractivity contribution in [3.8, 4) is 0 Å². The summed E-state index contributed by atoms with van der Waals surface area (Å²) in [4.78, 5) is 0. The molecule has 0 atom stereocenters. The number of aryl methyl sites for hydroxylation is 4. The van der Waals surface area contributed by atoms with Gasteiger partial charge in [0.25, 0.3) is 0 Å². The minimum Gasteiger partial charge on any atom is -0.288 e. The molecule has 3 rings (SSSR count). The van der Waals surface area contributed by atoms with Gasteiger partial charge in [-0.25, -0.2) is 4.76 Å². The lowest BCUT2D eigenvalue weighted by Crippen LogP contribution is -2.18. The molecule has 2 aromatic rings. The Morgan fingerprint density at radius 1 is 0.815 bits per heavy atom. The van der Waals surface area contributed by atoms with Crippen molar-refractivity contribution in [3.63, 3.8) is 0 Å². The Morgan fingerprint density at radius 3 is 1.70 bits per heavy atom. The van der Waals surface area contributed by atoms with Gasteiger partial charge in [-0.1, -0.05) is 40.5 Å². The number of nitrogens with zero attached hydrogens (tertiary/aromatic N) is 1. The second kappa shape index (κ2) is 7.98. The molecule has 0 aliphatic heterocycles. The van der Waals surface area contributed by atoms with E-state index in [0.29, 0.717) is 0 Å². The van der Waals surface area contributed by atoms with Crippen LogP contribution in [0.5, 0.6) is 0 Å². The predicted molar refractivity (Wildman–Crippen MR) is 118 cm³/mol. The molecule has 0 radical (unpaired) electrons. The van der Waals surface area contributed by atoms with Crippen LogP contribution in [0, 0.1) is 27.7 Å². The van der Waals surface area contributed by atoms with E-state index in [2.05, 4.69) is 45.9 Å². The van der Waals surface area contributed by atoms with E-state index in [9.17, 15) is 4.57 Å². The molecule has 0 saturated heterocycles. The van der Waals surface area contributed by atoms with Gasteiger partial charge < -0.3 is 0 Å². The van der Waals surface area contributed by atoms with Crippen molar-refractivity contribution in [1.82, 2.24) is 0 Å². The molecule has 0 heterocycles. The van der Waals surface area contributed by atoms with Gasteiger partial charge in [-0.2, -0.15) is 0 Å². The van der Waals surface area contributed by atoms with Gasteiger partial charge in [0.15, 0.2) is 0 Å². The first-order valence-electron chi connectivity index (χ1n) is 9.82. The van der Waals surface area contributed by atoms with E-state index >= 15 is 0 Å². The molecule has 0 bridgehead atoms. The van der Waals surface area contributed by atoms with Crippen molar-refractivity contribution in [2.75, 3.05) is 0 Å². The average molecular weight is 379 g/mol. The van der Waals surface area contributed by atoms with E-state index in [1.54, 1.807) is 0 Å². The van der Waals surface area contributed by atoms with Crippen molar-refractivity contribution in [1.29, 1.82) is 0 Å². The summed E-state index contributed by atoms with van der Waals surface area (Å²) in [6.45, 7) is 10.3. The predicted octanol–water partition coefficient (Wildman–Crippen LogP) is 6.11. The highest BCUT2D eigenvalue weighted by Gasteiger charge is 2.28. The smallest absolute Gasteiger partial charge is 0.247 e. The highest BCUT2D eigenvalue weighted by atomic mass is 31.2. The number of allylic oxidation sites excluding steroid dienone is 2. The Balaban J connectivity index is 2.22. The average Bonchev–Trinajstić information content (AvgIpc) is 2.60. The summed E-state index contributed by atoms with van der Waals surface area (Å²) in [5.41, 5.74) is 6.68. The molecule has 0 unspecified atom stereocenters. The Morgan fingerprint density at radius 2 is 1.30 bits per heavy atom. The molecule has 0 amide bonds. The fraction of sp³-hybridized carbons (Fsp3) is 0.375. The largest absolute Gasteiger partial charge is 0.288 e. The number of hydrogen-bond acceptors (Lipinski definition) is 1. The molecule has 0 spiro atoms. The van der Waals surface area contributed by atoms with Crippen LogP contribution in [0.25, 0.3) is 0 Å². The van der Waals surface area contributed by atoms with E-state index in [1.807, 2.05) is 31.2 Å².